The van der Waals surface area contributed by atoms with E-state index in [9.17, 15) is 0 Å². The van der Waals surface area contributed by atoms with E-state index in [-0.39, 0.29) is 0 Å². The largest absolute Gasteiger partial charge is 0.338 e. The van der Waals surface area contributed by atoms with Crippen LogP contribution in [0.5, 0.6) is 0 Å². The molecule has 0 aliphatic carbocycles. The number of fused-ring (bicyclic) bond motifs is 1. The Morgan fingerprint density at radius 1 is 1.50 bits per heavy atom. The number of halogens is 2. The maximum absolute atomic E-state index is 5.76. The Bertz CT molecular complexity index is 436. The molecule has 0 atom stereocenters. The van der Waals surface area contributed by atoms with E-state index in [4.69, 9.17) is 11.6 Å². The van der Waals surface area contributed by atoms with E-state index in [0.717, 1.165) is 14.7 Å². The molecule has 2 nitrogen and oxygen atoms in total. The fourth-order valence-electron chi connectivity index (χ4n) is 1.16. The number of rotatable bonds is 0. The first-order chi connectivity index (χ1) is 5.68. The standard InChI is InChI=1S/C8H6ClIN2/c1-12-6-2-3-7(9)11-5(6)4-8(12)10/h2-4H,1H3. The predicted octanol–water partition coefficient (Wildman–Crippen LogP) is 2.83. The number of hydrogen-bond acceptors (Lipinski definition) is 1. The van der Waals surface area contributed by atoms with Crippen LogP contribution in [-0.4, -0.2) is 9.55 Å². The normalized spacial score (nSPS) is 10.9. The zero-order valence-electron chi connectivity index (χ0n) is 6.38. The van der Waals surface area contributed by atoms with Gasteiger partial charge in [0.05, 0.1) is 14.7 Å². The summed E-state index contributed by atoms with van der Waals surface area (Å²) in [7, 11) is 2.01. The van der Waals surface area contributed by atoms with Crippen molar-refractivity contribution in [3.05, 3.63) is 27.1 Å². The van der Waals surface area contributed by atoms with Crippen LogP contribution in [0.1, 0.15) is 0 Å². The molecule has 0 amide bonds. The van der Waals surface area contributed by atoms with Crippen LogP contribution in [-0.2, 0) is 7.05 Å². The second kappa shape index (κ2) is 2.88. The van der Waals surface area contributed by atoms with Crippen LogP contribution in [0.2, 0.25) is 5.15 Å². The lowest BCUT2D eigenvalue weighted by atomic mass is 10.4. The molecule has 2 aromatic rings. The predicted molar refractivity (Wildman–Crippen MR) is 58.4 cm³/mol. The summed E-state index contributed by atoms with van der Waals surface area (Å²) in [6.45, 7) is 0. The number of aryl methyl sites for hydroxylation is 1. The third kappa shape index (κ3) is 1.21. The zero-order chi connectivity index (χ0) is 8.72. The molecule has 0 aliphatic rings. The quantitative estimate of drug-likeness (QED) is 0.539. The van der Waals surface area contributed by atoms with Gasteiger partial charge >= 0.3 is 0 Å². The molecule has 0 aromatic carbocycles. The molecule has 0 fully saturated rings. The molecular formula is C8H6ClIN2. The van der Waals surface area contributed by atoms with Crippen molar-refractivity contribution in [2.45, 2.75) is 0 Å². The summed E-state index contributed by atoms with van der Waals surface area (Å²) in [5, 5.41) is 0.546. The molecule has 0 N–H and O–H groups in total. The first-order valence-corrected chi connectivity index (χ1v) is 4.91. The van der Waals surface area contributed by atoms with Crippen molar-refractivity contribution in [1.29, 1.82) is 0 Å². The molecule has 4 heteroatoms. The van der Waals surface area contributed by atoms with Gasteiger partial charge in [0.25, 0.3) is 0 Å². The molecule has 0 spiro atoms. The molecule has 2 rings (SSSR count). The van der Waals surface area contributed by atoms with E-state index in [1.165, 1.54) is 0 Å². The molecule has 62 valence electrons. The van der Waals surface area contributed by atoms with Crippen molar-refractivity contribution >= 4 is 45.2 Å². The lowest BCUT2D eigenvalue weighted by Gasteiger charge is -1.95. The van der Waals surface area contributed by atoms with Gasteiger partial charge in [-0.2, -0.15) is 0 Å². The van der Waals surface area contributed by atoms with Crippen LogP contribution >= 0.6 is 34.2 Å². The summed E-state index contributed by atoms with van der Waals surface area (Å²) < 4.78 is 3.25. The Balaban J connectivity index is 2.87. The first kappa shape index (κ1) is 8.31. The highest BCUT2D eigenvalue weighted by atomic mass is 127. The summed E-state index contributed by atoms with van der Waals surface area (Å²) in [5.74, 6) is 0. The van der Waals surface area contributed by atoms with Gasteiger partial charge in [-0.1, -0.05) is 11.6 Å². The first-order valence-electron chi connectivity index (χ1n) is 3.46. The topological polar surface area (TPSA) is 17.8 Å². The maximum atomic E-state index is 5.76. The van der Waals surface area contributed by atoms with Crippen molar-refractivity contribution < 1.29 is 0 Å². The Labute approximate surface area is 88.7 Å². The monoisotopic (exact) mass is 292 g/mol. The minimum absolute atomic E-state index is 0.546. The van der Waals surface area contributed by atoms with E-state index >= 15 is 0 Å². The smallest absolute Gasteiger partial charge is 0.129 e. The molecule has 2 heterocycles. The van der Waals surface area contributed by atoms with Gasteiger partial charge in [-0.15, -0.1) is 0 Å². The van der Waals surface area contributed by atoms with Gasteiger partial charge in [0.1, 0.15) is 5.15 Å². The van der Waals surface area contributed by atoms with Crippen molar-refractivity contribution in [2.75, 3.05) is 0 Å². The second-order valence-corrected chi connectivity index (χ2v) is 4.06. The third-order valence-corrected chi connectivity index (χ3v) is 3.05. The molecule has 0 saturated heterocycles. The second-order valence-electron chi connectivity index (χ2n) is 2.56. The minimum Gasteiger partial charge on any atom is -0.338 e. The van der Waals surface area contributed by atoms with Gasteiger partial charge in [0.2, 0.25) is 0 Å². The van der Waals surface area contributed by atoms with Gasteiger partial charge in [0, 0.05) is 7.05 Å². The average Bonchev–Trinajstić information content (AvgIpc) is 2.28. The fraction of sp³-hybridized carbons (Fsp3) is 0.125. The highest BCUT2D eigenvalue weighted by molar-refractivity contribution is 14.1. The third-order valence-electron chi connectivity index (χ3n) is 1.81. The van der Waals surface area contributed by atoms with Gasteiger partial charge in [-0.25, -0.2) is 4.98 Å². The van der Waals surface area contributed by atoms with E-state index < -0.39 is 0 Å². The molecule has 0 saturated carbocycles. The van der Waals surface area contributed by atoms with Crippen molar-refractivity contribution in [3.8, 4) is 0 Å². The Hall–Kier alpha value is -0.290. The highest BCUT2D eigenvalue weighted by Gasteiger charge is 2.03. The van der Waals surface area contributed by atoms with Crippen LogP contribution in [0.4, 0.5) is 0 Å². The molecule has 2 aromatic heterocycles. The number of hydrogen-bond donors (Lipinski definition) is 0. The van der Waals surface area contributed by atoms with Crippen molar-refractivity contribution in [1.82, 2.24) is 9.55 Å². The van der Waals surface area contributed by atoms with Crippen LogP contribution < -0.4 is 0 Å². The summed E-state index contributed by atoms with van der Waals surface area (Å²) >= 11 is 8.03. The lowest BCUT2D eigenvalue weighted by Crippen LogP contribution is -1.88. The van der Waals surface area contributed by atoms with Gasteiger partial charge in [-0.05, 0) is 40.8 Å². The van der Waals surface area contributed by atoms with Gasteiger partial charge in [0.15, 0.2) is 0 Å². The molecule has 12 heavy (non-hydrogen) atoms. The van der Waals surface area contributed by atoms with Crippen LogP contribution in [0.3, 0.4) is 0 Å². The van der Waals surface area contributed by atoms with Gasteiger partial charge < -0.3 is 4.57 Å². The van der Waals surface area contributed by atoms with Crippen molar-refractivity contribution in [3.63, 3.8) is 0 Å². The summed E-state index contributed by atoms with van der Waals surface area (Å²) in [4.78, 5) is 4.20. The number of pyridine rings is 1. The Kier molecular flexibility index (Phi) is 2.00. The zero-order valence-corrected chi connectivity index (χ0v) is 9.30. The Morgan fingerprint density at radius 3 is 3.00 bits per heavy atom. The minimum atomic E-state index is 0.546. The van der Waals surface area contributed by atoms with Crippen LogP contribution in [0, 0.1) is 3.70 Å². The van der Waals surface area contributed by atoms with Crippen molar-refractivity contribution in [2.24, 2.45) is 7.05 Å². The molecule has 0 unspecified atom stereocenters. The Morgan fingerprint density at radius 2 is 2.25 bits per heavy atom. The average molecular weight is 293 g/mol. The fourth-order valence-corrected chi connectivity index (χ4v) is 1.87. The highest BCUT2D eigenvalue weighted by Crippen LogP contribution is 2.19. The number of aromatic nitrogens is 2. The number of nitrogens with zero attached hydrogens (tertiary/aromatic N) is 2. The van der Waals surface area contributed by atoms with Crippen LogP contribution in [0.15, 0.2) is 18.2 Å². The lowest BCUT2D eigenvalue weighted by molar-refractivity contribution is 0.937. The van der Waals surface area contributed by atoms with E-state index in [2.05, 4.69) is 32.1 Å². The van der Waals surface area contributed by atoms with E-state index in [1.54, 1.807) is 6.07 Å². The van der Waals surface area contributed by atoms with Gasteiger partial charge in [-0.3, -0.25) is 0 Å². The molecular weight excluding hydrogens is 286 g/mol. The molecule has 0 radical (unpaired) electrons. The SMILES string of the molecule is Cn1c(I)cc2nc(Cl)ccc21. The summed E-state index contributed by atoms with van der Waals surface area (Å²) in [6.07, 6.45) is 0. The molecule has 0 bridgehead atoms. The summed E-state index contributed by atoms with van der Waals surface area (Å²) in [5.41, 5.74) is 2.07. The van der Waals surface area contributed by atoms with Crippen LogP contribution in [0.25, 0.3) is 11.0 Å². The maximum Gasteiger partial charge on any atom is 0.129 e. The summed E-state index contributed by atoms with van der Waals surface area (Å²) in [6, 6.07) is 5.80. The molecule has 0 aliphatic heterocycles. The van der Waals surface area contributed by atoms with E-state index in [0.29, 0.717) is 5.15 Å². The van der Waals surface area contributed by atoms with E-state index in [1.807, 2.05) is 19.2 Å².